The summed E-state index contributed by atoms with van der Waals surface area (Å²) in [5.74, 6) is 0. The van der Waals surface area contributed by atoms with Gasteiger partial charge in [-0.2, -0.15) is 0 Å². The van der Waals surface area contributed by atoms with Gasteiger partial charge in [0, 0.05) is 24.1 Å². The predicted octanol–water partition coefficient (Wildman–Crippen LogP) is 3.79. The van der Waals surface area contributed by atoms with E-state index in [1.54, 1.807) is 5.57 Å². The van der Waals surface area contributed by atoms with E-state index in [1.165, 1.54) is 26.8 Å². The van der Waals surface area contributed by atoms with E-state index in [1.807, 2.05) is 11.8 Å². The van der Waals surface area contributed by atoms with Crippen molar-refractivity contribution in [3.63, 3.8) is 0 Å². The molecule has 1 heterocycles. The van der Waals surface area contributed by atoms with Gasteiger partial charge in [-0.05, 0) is 37.0 Å². The Kier molecular flexibility index (Phi) is 1.90. The zero-order chi connectivity index (χ0) is 10.6. The molecule has 0 bridgehead atoms. The Morgan fingerprint density at radius 3 is 2.87 bits per heavy atom. The van der Waals surface area contributed by atoms with E-state index >= 15 is 0 Å². The molecule has 1 nitrogen and oxygen atoms in total. The van der Waals surface area contributed by atoms with Crippen molar-refractivity contribution in [3.8, 4) is 0 Å². The molecule has 3 rings (SSSR count). The van der Waals surface area contributed by atoms with Crippen molar-refractivity contribution in [1.29, 1.82) is 0 Å². The lowest BCUT2D eigenvalue weighted by molar-refractivity contribution is 0.547. The normalized spacial score (nSPS) is 23.1. The van der Waals surface area contributed by atoms with Gasteiger partial charge in [-0.1, -0.05) is 23.9 Å². The summed E-state index contributed by atoms with van der Waals surface area (Å²) in [6.45, 7) is 4.39. The number of fused-ring (bicyclic) bond motifs is 2. The second kappa shape index (κ2) is 3.05. The molecule has 0 unspecified atom stereocenters. The summed E-state index contributed by atoms with van der Waals surface area (Å²) in [6.07, 6.45) is 7.01. The van der Waals surface area contributed by atoms with Crippen molar-refractivity contribution in [3.05, 3.63) is 44.5 Å². The molecule has 2 aliphatic carbocycles. The molecule has 0 amide bonds. The van der Waals surface area contributed by atoms with Crippen molar-refractivity contribution in [2.75, 3.05) is 7.05 Å². The van der Waals surface area contributed by atoms with Crippen LogP contribution in [0.1, 0.15) is 26.7 Å². The highest BCUT2D eigenvalue weighted by molar-refractivity contribution is 8.07. The zero-order valence-corrected chi connectivity index (χ0v) is 10.2. The fourth-order valence-electron chi connectivity index (χ4n) is 2.49. The number of rotatable bonds is 0. The molecule has 78 valence electrons. The molecule has 0 spiro atoms. The maximum Gasteiger partial charge on any atom is 0.0782 e. The highest BCUT2D eigenvalue weighted by Crippen LogP contribution is 2.54. The van der Waals surface area contributed by atoms with E-state index in [9.17, 15) is 0 Å². The standard InChI is InChI=1S/C13H15NS/c1-8(2)13-14(3)11-7-9-5-4-6-10(9)12(11)15-13/h5-6H,4,7H2,1-3H3. The van der Waals surface area contributed by atoms with Crippen LogP contribution >= 0.6 is 11.8 Å². The number of hydrogen-bond acceptors (Lipinski definition) is 2. The lowest BCUT2D eigenvalue weighted by Gasteiger charge is -2.18. The first-order valence-electron chi connectivity index (χ1n) is 5.40. The predicted molar refractivity (Wildman–Crippen MR) is 66.2 cm³/mol. The molecule has 0 atom stereocenters. The summed E-state index contributed by atoms with van der Waals surface area (Å²) in [4.78, 5) is 3.88. The molecule has 0 saturated heterocycles. The first-order valence-corrected chi connectivity index (χ1v) is 6.22. The number of nitrogens with zero attached hydrogens (tertiary/aromatic N) is 1. The van der Waals surface area contributed by atoms with Crippen molar-refractivity contribution >= 4 is 11.8 Å². The fraction of sp³-hybridized carbons (Fsp3) is 0.385. The molecule has 0 aromatic heterocycles. The van der Waals surface area contributed by atoms with Crippen LogP contribution in [0.2, 0.25) is 0 Å². The Morgan fingerprint density at radius 1 is 1.33 bits per heavy atom. The van der Waals surface area contributed by atoms with Crippen LogP contribution in [-0.2, 0) is 0 Å². The largest absolute Gasteiger partial charge is 0.341 e. The Labute approximate surface area is 95.2 Å². The van der Waals surface area contributed by atoms with E-state index in [0.29, 0.717) is 0 Å². The first kappa shape index (κ1) is 9.34. The van der Waals surface area contributed by atoms with E-state index in [0.717, 1.165) is 12.8 Å². The van der Waals surface area contributed by atoms with Gasteiger partial charge >= 0.3 is 0 Å². The third-order valence-corrected chi connectivity index (χ3v) is 4.77. The third-order valence-electron chi connectivity index (χ3n) is 3.23. The minimum absolute atomic E-state index is 1.13. The SMILES string of the molecule is CC(C)=C1SC2=C(CC3=CCC=C32)N1C. The summed E-state index contributed by atoms with van der Waals surface area (Å²) in [5, 5.41) is 1.42. The summed E-state index contributed by atoms with van der Waals surface area (Å²) < 4.78 is 0. The number of thioether (sulfide) groups is 1. The quantitative estimate of drug-likeness (QED) is 0.607. The molecular formula is C13H15NS. The van der Waals surface area contributed by atoms with Crippen LogP contribution in [0.15, 0.2) is 44.5 Å². The summed E-state index contributed by atoms with van der Waals surface area (Å²) in [7, 11) is 2.19. The van der Waals surface area contributed by atoms with Crippen LogP contribution in [0, 0.1) is 0 Å². The van der Waals surface area contributed by atoms with E-state index in [-0.39, 0.29) is 0 Å². The van der Waals surface area contributed by atoms with Gasteiger partial charge in [-0.25, -0.2) is 0 Å². The van der Waals surface area contributed by atoms with Crippen LogP contribution < -0.4 is 0 Å². The summed E-state index contributed by atoms with van der Waals surface area (Å²) in [6, 6.07) is 0. The van der Waals surface area contributed by atoms with Crippen molar-refractivity contribution in [2.24, 2.45) is 0 Å². The van der Waals surface area contributed by atoms with Crippen molar-refractivity contribution in [2.45, 2.75) is 26.7 Å². The molecule has 0 fully saturated rings. The Balaban J connectivity index is 2.04. The maximum atomic E-state index is 2.37. The summed E-state index contributed by atoms with van der Waals surface area (Å²) in [5.41, 5.74) is 5.99. The topological polar surface area (TPSA) is 3.24 Å². The Hall–Kier alpha value is -0.890. The maximum absolute atomic E-state index is 2.37. The third kappa shape index (κ3) is 1.18. The molecule has 0 radical (unpaired) electrons. The lowest BCUT2D eigenvalue weighted by atomic mass is 10.2. The highest BCUT2D eigenvalue weighted by atomic mass is 32.2. The Bertz CT molecular complexity index is 459. The van der Waals surface area contributed by atoms with E-state index < -0.39 is 0 Å². The number of allylic oxidation sites excluding steroid dienone is 5. The fourth-order valence-corrected chi connectivity index (χ4v) is 3.79. The van der Waals surface area contributed by atoms with Gasteiger partial charge in [0.1, 0.15) is 0 Å². The van der Waals surface area contributed by atoms with Crippen LogP contribution in [0.3, 0.4) is 0 Å². The monoisotopic (exact) mass is 217 g/mol. The highest BCUT2D eigenvalue weighted by Gasteiger charge is 2.35. The molecule has 0 aromatic carbocycles. The van der Waals surface area contributed by atoms with Crippen molar-refractivity contribution in [1.82, 2.24) is 4.90 Å². The minimum Gasteiger partial charge on any atom is -0.341 e. The molecule has 0 N–H and O–H groups in total. The molecule has 2 heteroatoms. The van der Waals surface area contributed by atoms with Gasteiger partial charge in [-0.15, -0.1) is 0 Å². The van der Waals surface area contributed by atoms with Gasteiger partial charge in [-0.3, -0.25) is 0 Å². The van der Waals surface area contributed by atoms with Gasteiger partial charge < -0.3 is 4.90 Å². The van der Waals surface area contributed by atoms with Gasteiger partial charge in [0.05, 0.1) is 5.03 Å². The second-order valence-electron chi connectivity index (χ2n) is 4.50. The lowest BCUT2D eigenvalue weighted by Crippen LogP contribution is -2.11. The van der Waals surface area contributed by atoms with E-state index in [4.69, 9.17) is 0 Å². The second-order valence-corrected chi connectivity index (χ2v) is 5.50. The first-order chi connectivity index (χ1) is 7.18. The van der Waals surface area contributed by atoms with Crippen molar-refractivity contribution < 1.29 is 0 Å². The molecule has 1 aliphatic heterocycles. The molecule has 0 saturated carbocycles. The zero-order valence-electron chi connectivity index (χ0n) is 9.42. The Morgan fingerprint density at radius 2 is 2.13 bits per heavy atom. The number of hydrogen-bond donors (Lipinski definition) is 0. The van der Waals surface area contributed by atoms with Gasteiger partial charge in [0.2, 0.25) is 0 Å². The van der Waals surface area contributed by atoms with Crippen LogP contribution in [-0.4, -0.2) is 11.9 Å². The average molecular weight is 217 g/mol. The molecule has 15 heavy (non-hydrogen) atoms. The van der Waals surface area contributed by atoms with Crippen LogP contribution in [0.5, 0.6) is 0 Å². The van der Waals surface area contributed by atoms with Crippen LogP contribution in [0.25, 0.3) is 0 Å². The smallest absolute Gasteiger partial charge is 0.0782 e. The molecular weight excluding hydrogens is 202 g/mol. The van der Waals surface area contributed by atoms with Crippen LogP contribution in [0.4, 0.5) is 0 Å². The summed E-state index contributed by atoms with van der Waals surface area (Å²) >= 11 is 1.95. The van der Waals surface area contributed by atoms with Gasteiger partial charge in [0.25, 0.3) is 0 Å². The molecule has 0 aromatic rings. The molecule has 3 aliphatic rings. The van der Waals surface area contributed by atoms with E-state index in [2.05, 4.69) is 37.9 Å². The minimum atomic E-state index is 1.13. The average Bonchev–Trinajstić information content (AvgIpc) is 2.77. The van der Waals surface area contributed by atoms with Gasteiger partial charge in [0.15, 0.2) is 0 Å².